The first kappa shape index (κ1) is 25.9. The van der Waals surface area contributed by atoms with E-state index in [1.54, 1.807) is 0 Å². The number of carbonyl (C=O) groups is 1. The Balaban J connectivity index is 1.44. The summed E-state index contributed by atoms with van der Waals surface area (Å²) in [7, 11) is -4.70. The van der Waals surface area contributed by atoms with Crippen LogP contribution in [0.3, 0.4) is 0 Å². The highest BCUT2D eigenvalue weighted by atomic mass is 32.2. The minimum atomic E-state index is -3.88. The second-order valence-electron chi connectivity index (χ2n) is 8.13. The van der Waals surface area contributed by atoms with Gasteiger partial charge in [0.05, 0.1) is 18.3 Å². The minimum absolute atomic E-state index is 0.00272. The van der Waals surface area contributed by atoms with Crippen LogP contribution in [0.15, 0.2) is 28.9 Å². The molecule has 0 aliphatic carbocycles. The molecule has 194 valence electrons. The van der Waals surface area contributed by atoms with Gasteiger partial charge in [0, 0.05) is 45.7 Å². The second-order valence-corrected chi connectivity index (χ2v) is 12.9. The third-order valence-electron chi connectivity index (χ3n) is 5.53. The van der Waals surface area contributed by atoms with Crippen LogP contribution in [0.1, 0.15) is 16.2 Å². The normalized spacial score (nSPS) is 15.2. The number of carbonyl (C=O) groups excluding carboxylic acids is 1. The molecule has 0 atom stereocenters. The van der Waals surface area contributed by atoms with Gasteiger partial charge >= 0.3 is 0 Å². The number of hydrogen-bond acceptors (Lipinski definition) is 11. The lowest BCUT2D eigenvalue weighted by Crippen LogP contribution is -2.48. The molecule has 0 bridgehead atoms. The zero-order valence-corrected chi connectivity index (χ0v) is 22.4. The molecule has 1 fully saturated rings. The van der Waals surface area contributed by atoms with Crippen molar-refractivity contribution in [1.82, 2.24) is 29.0 Å². The number of piperazine rings is 1. The molecule has 0 saturated carbocycles. The molecule has 1 N–H and O–H groups in total. The van der Waals surface area contributed by atoms with E-state index in [-0.39, 0.29) is 35.4 Å². The van der Waals surface area contributed by atoms with E-state index in [1.165, 1.54) is 52.8 Å². The van der Waals surface area contributed by atoms with Crippen LogP contribution in [0.2, 0.25) is 0 Å². The van der Waals surface area contributed by atoms with Crippen LogP contribution in [0, 0.1) is 6.92 Å². The van der Waals surface area contributed by atoms with E-state index in [9.17, 15) is 21.6 Å². The molecule has 3 aromatic heterocycles. The standard InChI is InChI=1S/C19H25N9O5S3/c1-13-11-34-19(21-13)27-7-9-28(10-8-27)36(32,33)15-6-5-14(23-24-15)22-18(29)16-17(20-12-25(16)2)26(3)35(4,30)31/h5-6,11-12H,7-10H2,1-4H3,(H,22,23,29). The van der Waals surface area contributed by atoms with Crippen LogP contribution in [0.5, 0.6) is 0 Å². The first-order chi connectivity index (χ1) is 16.9. The predicted octanol–water partition coefficient (Wildman–Crippen LogP) is 0.134. The molecule has 3 aromatic rings. The van der Waals surface area contributed by atoms with Crippen LogP contribution >= 0.6 is 11.3 Å². The molecule has 36 heavy (non-hydrogen) atoms. The molecule has 1 aliphatic heterocycles. The van der Waals surface area contributed by atoms with Gasteiger partial charge in [0.15, 0.2) is 27.5 Å². The average Bonchev–Trinajstić information content (AvgIpc) is 3.44. The number of aromatic nitrogens is 5. The van der Waals surface area contributed by atoms with Crippen LogP contribution in [-0.4, -0.2) is 91.3 Å². The highest BCUT2D eigenvalue weighted by molar-refractivity contribution is 7.92. The van der Waals surface area contributed by atoms with Gasteiger partial charge in [-0.05, 0) is 19.1 Å². The molecular formula is C19H25N9O5S3. The molecule has 0 spiro atoms. The van der Waals surface area contributed by atoms with E-state index < -0.39 is 26.0 Å². The molecule has 14 nitrogen and oxygen atoms in total. The van der Waals surface area contributed by atoms with Gasteiger partial charge in [0.25, 0.3) is 15.9 Å². The number of aryl methyl sites for hydroxylation is 2. The number of anilines is 3. The van der Waals surface area contributed by atoms with Crippen molar-refractivity contribution in [2.75, 3.05) is 54.0 Å². The Kier molecular flexibility index (Phi) is 7.00. The Bertz CT molecular complexity index is 1470. The van der Waals surface area contributed by atoms with Crippen molar-refractivity contribution in [1.29, 1.82) is 0 Å². The van der Waals surface area contributed by atoms with Crippen LogP contribution in [0.25, 0.3) is 0 Å². The molecule has 1 saturated heterocycles. The van der Waals surface area contributed by atoms with Crippen LogP contribution < -0.4 is 14.5 Å². The third kappa shape index (κ3) is 5.18. The van der Waals surface area contributed by atoms with Gasteiger partial charge in [0.1, 0.15) is 0 Å². The molecule has 17 heteroatoms. The maximum absolute atomic E-state index is 13.0. The fourth-order valence-electron chi connectivity index (χ4n) is 3.51. The van der Waals surface area contributed by atoms with Crippen molar-refractivity contribution in [2.24, 2.45) is 7.05 Å². The maximum Gasteiger partial charge on any atom is 0.277 e. The summed E-state index contributed by atoms with van der Waals surface area (Å²) in [6.45, 7) is 3.47. The quantitative estimate of drug-likeness (QED) is 0.424. The third-order valence-corrected chi connectivity index (χ3v) is 9.51. The molecule has 4 heterocycles. The van der Waals surface area contributed by atoms with E-state index in [4.69, 9.17) is 0 Å². The largest absolute Gasteiger partial charge is 0.345 e. The Hall–Kier alpha value is -3.15. The topological polar surface area (TPSA) is 164 Å². The monoisotopic (exact) mass is 555 g/mol. The van der Waals surface area contributed by atoms with Crippen molar-refractivity contribution in [2.45, 2.75) is 11.9 Å². The first-order valence-corrected chi connectivity index (χ1v) is 14.8. The van der Waals surface area contributed by atoms with Crippen LogP contribution in [0.4, 0.5) is 16.8 Å². The summed E-state index contributed by atoms with van der Waals surface area (Å²) >= 11 is 1.52. The zero-order valence-electron chi connectivity index (χ0n) is 20.0. The Morgan fingerprint density at radius 3 is 2.36 bits per heavy atom. The summed E-state index contributed by atoms with van der Waals surface area (Å²) < 4.78 is 53.5. The van der Waals surface area contributed by atoms with Crippen molar-refractivity contribution >= 4 is 54.1 Å². The number of hydrogen-bond donors (Lipinski definition) is 1. The van der Waals surface area contributed by atoms with E-state index in [1.807, 2.05) is 17.2 Å². The number of sulfonamides is 2. The molecule has 0 radical (unpaired) electrons. The Morgan fingerprint density at radius 1 is 1.11 bits per heavy atom. The fraction of sp³-hybridized carbons (Fsp3) is 0.421. The number of nitrogens with zero attached hydrogens (tertiary/aromatic N) is 8. The molecule has 1 amide bonds. The lowest BCUT2D eigenvalue weighted by atomic mass is 10.4. The van der Waals surface area contributed by atoms with Gasteiger partial charge in [-0.1, -0.05) is 0 Å². The van der Waals surface area contributed by atoms with Crippen molar-refractivity contribution in [3.05, 3.63) is 35.2 Å². The van der Waals surface area contributed by atoms with Gasteiger partial charge in [-0.3, -0.25) is 9.10 Å². The lowest BCUT2D eigenvalue weighted by Gasteiger charge is -2.33. The first-order valence-electron chi connectivity index (χ1n) is 10.7. The van der Waals surface area contributed by atoms with Gasteiger partial charge in [-0.15, -0.1) is 21.5 Å². The summed E-state index contributed by atoms with van der Waals surface area (Å²) in [5.41, 5.74) is 0.907. The second kappa shape index (κ2) is 9.72. The Labute approximate surface area is 212 Å². The van der Waals surface area contributed by atoms with Gasteiger partial charge in [-0.2, -0.15) is 4.31 Å². The Morgan fingerprint density at radius 2 is 1.81 bits per heavy atom. The molecular weight excluding hydrogens is 530 g/mol. The predicted molar refractivity (Wildman–Crippen MR) is 134 cm³/mol. The zero-order chi connectivity index (χ0) is 26.3. The number of nitrogens with one attached hydrogen (secondary N) is 1. The van der Waals surface area contributed by atoms with Crippen molar-refractivity contribution < 1.29 is 21.6 Å². The SMILES string of the molecule is Cc1csc(N2CCN(S(=O)(=O)c3ccc(NC(=O)c4c(N(C)S(C)(=O)=O)ncn4C)nn3)CC2)n1. The molecule has 0 aromatic carbocycles. The number of amides is 1. The molecule has 1 aliphatic rings. The van der Waals surface area contributed by atoms with E-state index in [0.717, 1.165) is 21.4 Å². The van der Waals surface area contributed by atoms with E-state index in [2.05, 4.69) is 25.5 Å². The fourth-order valence-corrected chi connectivity index (χ4v) is 6.10. The van der Waals surface area contributed by atoms with Gasteiger partial charge in [-0.25, -0.2) is 26.8 Å². The summed E-state index contributed by atoms with van der Waals surface area (Å²) in [6, 6.07) is 2.59. The molecule has 0 unspecified atom stereocenters. The summed E-state index contributed by atoms with van der Waals surface area (Å²) in [5.74, 6) is -0.743. The van der Waals surface area contributed by atoms with E-state index in [0.29, 0.717) is 13.1 Å². The van der Waals surface area contributed by atoms with Crippen molar-refractivity contribution in [3.8, 4) is 0 Å². The smallest absolute Gasteiger partial charge is 0.277 e. The van der Waals surface area contributed by atoms with Crippen LogP contribution in [-0.2, 0) is 27.1 Å². The number of imidazole rings is 1. The number of thiazole rings is 1. The van der Waals surface area contributed by atoms with Crippen molar-refractivity contribution in [3.63, 3.8) is 0 Å². The molecule has 4 rings (SSSR count). The highest BCUT2D eigenvalue weighted by Gasteiger charge is 2.31. The van der Waals surface area contributed by atoms with Gasteiger partial charge in [0.2, 0.25) is 10.0 Å². The lowest BCUT2D eigenvalue weighted by molar-refractivity contribution is 0.101. The van der Waals surface area contributed by atoms with E-state index >= 15 is 0 Å². The maximum atomic E-state index is 13.0. The summed E-state index contributed by atoms with van der Waals surface area (Å²) in [6.07, 6.45) is 2.30. The minimum Gasteiger partial charge on any atom is -0.345 e. The average molecular weight is 556 g/mol. The summed E-state index contributed by atoms with van der Waals surface area (Å²) in [5, 5.41) is 12.7. The van der Waals surface area contributed by atoms with Gasteiger partial charge < -0.3 is 14.8 Å². The summed E-state index contributed by atoms with van der Waals surface area (Å²) in [4.78, 5) is 23.3. The highest BCUT2D eigenvalue weighted by Crippen LogP contribution is 2.24. The number of rotatable bonds is 7.